The van der Waals surface area contributed by atoms with E-state index in [1.54, 1.807) is 6.07 Å². The van der Waals surface area contributed by atoms with Gasteiger partial charge in [-0.15, -0.1) is 0 Å². The normalized spacial score (nSPS) is 19.9. The minimum Gasteiger partial charge on any atom is -0.384 e. The molecule has 1 aromatic rings. The quantitative estimate of drug-likeness (QED) is 0.651. The molecule has 1 fully saturated rings. The van der Waals surface area contributed by atoms with Gasteiger partial charge in [0.15, 0.2) is 0 Å². The van der Waals surface area contributed by atoms with Gasteiger partial charge in [0.05, 0.1) is 0 Å². The first-order chi connectivity index (χ1) is 8.61. The van der Waals surface area contributed by atoms with Crippen LogP contribution in [-0.2, 0) is 0 Å². The Kier molecular flexibility index (Phi) is 4.12. The monoisotopic (exact) mass is 265 g/mol. The van der Waals surface area contributed by atoms with Crippen LogP contribution in [0.5, 0.6) is 0 Å². The molecule has 1 aromatic carbocycles. The molecule has 18 heavy (non-hydrogen) atoms. The van der Waals surface area contributed by atoms with Crippen molar-refractivity contribution in [3.8, 4) is 0 Å². The molecule has 0 radical (unpaired) electrons. The van der Waals surface area contributed by atoms with Gasteiger partial charge in [0, 0.05) is 29.4 Å². The Balaban J connectivity index is 2.29. The zero-order valence-corrected chi connectivity index (χ0v) is 11.5. The first kappa shape index (κ1) is 13.2. The Hall–Kier alpha value is -1.22. The highest BCUT2D eigenvalue weighted by Gasteiger charge is 2.21. The topological polar surface area (TPSA) is 53.1 Å². The van der Waals surface area contributed by atoms with Gasteiger partial charge in [0.1, 0.15) is 5.84 Å². The van der Waals surface area contributed by atoms with Crippen LogP contribution in [0.1, 0.15) is 31.7 Å². The van der Waals surface area contributed by atoms with Crippen LogP contribution in [0.25, 0.3) is 0 Å². The highest BCUT2D eigenvalue weighted by Crippen LogP contribution is 2.29. The van der Waals surface area contributed by atoms with Crippen molar-refractivity contribution in [1.82, 2.24) is 0 Å². The van der Waals surface area contributed by atoms with E-state index < -0.39 is 0 Å². The lowest BCUT2D eigenvalue weighted by Gasteiger charge is -2.35. The Labute approximate surface area is 113 Å². The van der Waals surface area contributed by atoms with Crippen molar-refractivity contribution in [3.63, 3.8) is 0 Å². The van der Waals surface area contributed by atoms with Crippen molar-refractivity contribution in [2.24, 2.45) is 11.7 Å². The number of amidine groups is 1. The van der Waals surface area contributed by atoms with Crippen molar-refractivity contribution < 1.29 is 0 Å². The van der Waals surface area contributed by atoms with Crippen LogP contribution in [0.4, 0.5) is 5.69 Å². The number of nitrogens with zero attached hydrogens (tertiary/aromatic N) is 1. The maximum Gasteiger partial charge on any atom is 0.124 e. The smallest absolute Gasteiger partial charge is 0.124 e. The molecular formula is C14H20ClN3. The molecule has 0 bridgehead atoms. The largest absolute Gasteiger partial charge is 0.384 e. The summed E-state index contributed by atoms with van der Waals surface area (Å²) in [6.45, 7) is 4.33. The average molecular weight is 266 g/mol. The molecular weight excluding hydrogens is 246 g/mol. The predicted octanol–water partition coefficient (Wildman–Crippen LogP) is 3.25. The minimum absolute atomic E-state index is 0.0890. The van der Waals surface area contributed by atoms with Crippen LogP contribution in [0.3, 0.4) is 0 Å². The molecule has 3 N–H and O–H groups in total. The van der Waals surface area contributed by atoms with Gasteiger partial charge in [-0.25, -0.2) is 0 Å². The molecule has 1 unspecified atom stereocenters. The van der Waals surface area contributed by atoms with Crippen molar-refractivity contribution in [3.05, 3.63) is 28.8 Å². The van der Waals surface area contributed by atoms with Gasteiger partial charge >= 0.3 is 0 Å². The number of nitrogens with two attached hydrogens (primary N) is 1. The molecule has 3 nitrogen and oxygen atoms in total. The molecule has 1 heterocycles. The molecule has 0 aliphatic carbocycles. The Morgan fingerprint density at radius 1 is 1.56 bits per heavy atom. The zero-order chi connectivity index (χ0) is 13.1. The van der Waals surface area contributed by atoms with Crippen molar-refractivity contribution in [2.45, 2.75) is 26.2 Å². The summed E-state index contributed by atoms with van der Waals surface area (Å²) < 4.78 is 0. The Morgan fingerprint density at radius 3 is 3.00 bits per heavy atom. The molecule has 1 aliphatic rings. The molecule has 1 saturated heterocycles. The second-order valence-corrected chi connectivity index (χ2v) is 5.37. The van der Waals surface area contributed by atoms with Crippen molar-refractivity contribution in [1.29, 1.82) is 5.41 Å². The maximum atomic E-state index is 7.68. The highest BCUT2D eigenvalue weighted by atomic mass is 35.5. The molecule has 0 spiro atoms. The number of nitrogens with one attached hydrogen (secondary N) is 1. The highest BCUT2D eigenvalue weighted by molar-refractivity contribution is 6.31. The lowest BCUT2D eigenvalue weighted by Crippen LogP contribution is -2.36. The minimum atomic E-state index is 0.0890. The first-order valence-corrected chi connectivity index (χ1v) is 6.88. The van der Waals surface area contributed by atoms with Crippen LogP contribution in [0, 0.1) is 11.3 Å². The molecule has 4 heteroatoms. The number of benzene rings is 1. The van der Waals surface area contributed by atoms with E-state index in [1.165, 1.54) is 19.3 Å². The summed E-state index contributed by atoms with van der Waals surface area (Å²) in [4.78, 5) is 2.34. The number of nitrogen functional groups attached to an aromatic ring is 1. The van der Waals surface area contributed by atoms with E-state index in [2.05, 4.69) is 11.8 Å². The molecule has 0 amide bonds. The van der Waals surface area contributed by atoms with E-state index in [-0.39, 0.29) is 5.84 Å². The molecule has 2 rings (SSSR count). The Morgan fingerprint density at radius 2 is 2.33 bits per heavy atom. The molecule has 0 saturated carbocycles. The van der Waals surface area contributed by atoms with Crippen LogP contribution >= 0.6 is 11.6 Å². The van der Waals surface area contributed by atoms with Gasteiger partial charge in [0.2, 0.25) is 0 Å². The second kappa shape index (κ2) is 5.61. The summed E-state index contributed by atoms with van der Waals surface area (Å²) in [6, 6.07) is 5.64. The third-order valence-electron chi connectivity index (χ3n) is 3.69. The summed E-state index contributed by atoms with van der Waals surface area (Å²) >= 11 is 5.99. The van der Waals surface area contributed by atoms with Gasteiger partial charge in [0.25, 0.3) is 0 Å². The number of hydrogen-bond donors (Lipinski definition) is 2. The molecule has 1 aliphatic heterocycles. The third kappa shape index (κ3) is 2.78. The fourth-order valence-electron chi connectivity index (χ4n) is 2.62. The summed E-state index contributed by atoms with van der Waals surface area (Å²) in [6.07, 6.45) is 3.72. The fraction of sp³-hybridized carbons (Fsp3) is 0.500. The SMILES string of the molecule is CCC1CCCN(c2ccc(Cl)cc2C(=N)N)C1. The number of piperidine rings is 1. The average Bonchev–Trinajstić information content (AvgIpc) is 2.38. The number of hydrogen-bond acceptors (Lipinski definition) is 2. The first-order valence-electron chi connectivity index (χ1n) is 6.50. The van der Waals surface area contributed by atoms with Crippen LogP contribution in [-0.4, -0.2) is 18.9 Å². The molecule has 0 aromatic heterocycles. The van der Waals surface area contributed by atoms with E-state index >= 15 is 0 Å². The summed E-state index contributed by atoms with van der Waals surface area (Å²) in [7, 11) is 0. The van der Waals surface area contributed by atoms with E-state index in [0.29, 0.717) is 5.02 Å². The van der Waals surface area contributed by atoms with Crippen molar-refractivity contribution >= 4 is 23.1 Å². The van der Waals surface area contributed by atoms with Gasteiger partial charge < -0.3 is 10.6 Å². The molecule has 1 atom stereocenters. The van der Waals surface area contributed by atoms with Gasteiger partial charge in [-0.2, -0.15) is 0 Å². The fourth-order valence-corrected chi connectivity index (χ4v) is 2.79. The zero-order valence-electron chi connectivity index (χ0n) is 10.7. The van der Waals surface area contributed by atoms with E-state index in [4.69, 9.17) is 22.7 Å². The van der Waals surface area contributed by atoms with E-state index in [9.17, 15) is 0 Å². The van der Waals surface area contributed by atoms with Gasteiger partial charge in [-0.3, -0.25) is 5.41 Å². The molecule has 98 valence electrons. The standard InChI is InChI=1S/C14H20ClN3/c1-2-10-4-3-7-18(9-10)13-6-5-11(15)8-12(13)14(16)17/h5-6,8,10H,2-4,7,9H2,1H3,(H3,16,17). The number of halogens is 1. The van der Waals surface area contributed by atoms with E-state index in [0.717, 1.165) is 30.3 Å². The maximum absolute atomic E-state index is 7.68. The van der Waals surface area contributed by atoms with Crippen LogP contribution in [0.2, 0.25) is 5.02 Å². The summed E-state index contributed by atoms with van der Waals surface area (Å²) in [5.41, 5.74) is 7.45. The van der Waals surface area contributed by atoms with Gasteiger partial charge in [-0.05, 0) is 37.0 Å². The number of anilines is 1. The summed E-state index contributed by atoms with van der Waals surface area (Å²) in [5, 5.41) is 8.31. The van der Waals surface area contributed by atoms with Gasteiger partial charge in [-0.1, -0.05) is 24.9 Å². The third-order valence-corrected chi connectivity index (χ3v) is 3.92. The van der Waals surface area contributed by atoms with Crippen LogP contribution < -0.4 is 10.6 Å². The number of rotatable bonds is 3. The van der Waals surface area contributed by atoms with Crippen LogP contribution in [0.15, 0.2) is 18.2 Å². The predicted molar refractivity (Wildman–Crippen MR) is 77.7 cm³/mol. The lowest BCUT2D eigenvalue weighted by molar-refractivity contribution is 0.404. The second-order valence-electron chi connectivity index (χ2n) is 4.94. The van der Waals surface area contributed by atoms with E-state index in [1.807, 2.05) is 12.1 Å². The summed E-state index contributed by atoms with van der Waals surface area (Å²) in [5.74, 6) is 0.834. The lowest BCUT2D eigenvalue weighted by atomic mass is 9.94. The Bertz CT molecular complexity index is 445. The van der Waals surface area contributed by atoms with Crippen molar-refractivity contribution in [2.75, 3.05) is 18.0 Å².